The van der Waals surface area contributed by atoms with Crippen molar-refractivity contribution in [3.05, 3.63) is 69.2 Å². The predicted octanol–water partition coefficient (Wildman–Crippen LogP) is 3.37. The summed E-state index contributed by atoms with van der Waals surface area (Å²) in [6.07, 6.45) is 1.64. The quantitative estimate of drug-likeness (QED) is 0.543. The van der Waals surface area contributed by atoms with Gasteiger partial charge in [0.15, 0.2) is 0 Å². The van der Waals surface area contributed by atoms with Crippen LogP contribution in [0.25, 0.3) is 0 Å². The molecule has 3 rings (SSSR count). The second-order valence-electron chi connectivity index (χ2n) is 6.49. The fourth-order valence-corrected chi connectivity index (χ4v) is 3.40. The Balaban J connectivity index is 1.39. The highest BCUT2D eigenvalue weighted by Crippen LogP contribution is 2.17. The molecule has 7 heteroatoms. The van der Waals surface area contributed by atoms with Gasteiger partial charge < -0.3 is 0 Å². The van der Waals surface area contributed by atoms with Gasteiger partial charge in [0.1, 0.15) is 0 Å². The number of amides is 1. The van der Waals surface area contributed by atoms with Gasteiger partial charge in [-0.3, -0.25) is 14.6 Å². The number of nitrogens with zero attached hydrogens (tertiary/aromatic N) is 3. The van der Waals surface area contributed by atoms with E-state index in [1.807, 2.05) is 42.5 Å². The van der Waals surface area contributed by atoms with Crippen LogP contribution in [0.4, 0.5) is 0 Å². The number of hydrogen-bond acceptors (Lipinski definition) is 4. The molecular formula is C20H22BrClN4O. The smallest absolute Gasteiger partial charge is 0.254 e. The van der Waals surface area contributed by atoms with Crippen molar-refractivity contribution in [3.63, 3.8) is 0 Å². The summed E-state index contributed by atoms with van der Waals surface area (Å²) in [6, 6.07) is 15.7. The molecule has 1 saturated heterocycles. The molecule has 0 unspecified atom stereocenters. The Kier molecular flexibility index (Phi) is 7.41. The van der Waals surface area contributed by atoms with Crippen LogP contribution in [-0.2, 0) is 11.3 Å². The molecular weight excluding hydrogens is 428 g/mol. The third kappa shape index (κ3) is 6.43. The van der Waals surface area contributed by atoms with Crippen molar-refractivity contribution >= 4 is 39.7 Å². The number of rotatable bonds is 6. The van der Waals surface area contributed by atoms with Crippen LogP contribution in [0.15, 0.2) is 58.1 Å². The van der Waals surface area contributed by atoms with E-state index in [4.69, 9.17) is 11.6 Å². The fraction of sp³-hybridized carbons (Fsp3) is 0.300. The summed E-state index contributed by atoms with van der Waals surface area (Å²) in [5, 5.41) is 4.83. The van der Waals surface area contributed by atoms with Crippen molar-refractivity contribution < 1.29 is 4.79 Å². The molecule has 27 heavy (non-hydrogen) atoms. The van der Waals surface area contributed by atoms with Gasteiger partial charge in [-0.2, -0.15) is 5.10 Å². The second kappa shape index (κ2) is 9.99. The summed E-state index contributed by atoms with van der Waals surface area (Å²) < 4.78 is 1.01. The molecule has 1 N–H and O–H groups in total. The molecule has 1 fully saturated rings. The van der Waals surface area contributed by atoms with E-state index in [0.29, 0.717) is 6.54 Å². The molecule has 1 amide bonds. The molecule has 0 aliphatic carbocycles. The van der Waals surface area contributed by atoms with Crippen molar-refractivity contribution in [1.29, 1.82) is 0 Å². The first-order valence-electron chi connectivity index (χ1n) is 8.86. The van der Waals surface area contributed by atoms with E-state index in [1.54, 1.807) is 6.21 Å². The van der Waals surface area contributed by atoms with Crippen LogP contribution in [0.5, 0.6) is 0 Å². The number of carbonyl (C=O) groups excluding carboxylic acids is 1. The first-order valence-corrected chi connectivity index (χ1v) is 10.0. The Morgan fingerprint density at radius 2 is 1.74 bits per heavy atom. The summed E-state index contributed by atoms with van der Waals surface area (Å²) in [5.41, 5.74) is 4.68. The van der Waals surface area contributed by atoms with Gasteiger partial charge in [0.05, 0.1) is 12.8 Å². The number of carbonyl (C=O) groups is 1. The monoisotopic (exact) mass is 448 g/mol. The van der Waals surface area contributed by atoms with Crippen LogP contribution in [0, 0.1) is 0 Å². The van der Waals surface area contributed by atoms with E-state index in [9.17, 15) is 4.79 Å². The Morgan fingerprint density at radius 1 is 1.07 bits per heavy atom. The Hall–Kier alpha value is -1.73. The van der Waals surface area contributed by atoms with Crippen molar-refractivity contribution in [2.24, 2.45) is 5.10 Å². The summed E-state index contributed by atoms with van der Waals surface area (Å²) in [4.78, 5) is 16.6. The highest BCUT2D eigenvalue weighted by Gasteiger charge is 2.19. The van der Waals surface area contributed by atoms with Gasteiger partial charge in [0.25, 0.3) is 5.91 Å². The fourth-order valence-electron chi connectivity index (χ4n) is 2.94. The summed E-state index contributed by atoms with van der Waals surface area (Å²) in [6.45, 7) is 4.75. The molecule has 0 atom stereocenters. The van der Waals surface area contributed by atoms with Gasteiger partial charge in [0, 0.05) is 42.2 Å². The van der Waals surface area contributed by atoms with E-state index in [2.05, 4.69) is 42.3 Å². The van der Waals surface area contributed by atoms with Crippen LogP contribution in [0.3, 0.4) is 0 Å². The van der Waals surface area contributed by atoms with Crippen LogP contribution in [0.1, 0.15) is 11.1 Å². The third-order valence-corrected chi connectivity index (χ3v) is 5.35. The van der Waals surface area contributed by atoms with E-state index in [-0.39, 0.29) is 5.91 Å². The van der Waals surface area contributed by atoms with Crippen molar-refractivity contribution in [2.75, 3.05) is 32.7 Å². The van der Waals surface area contributed by atoms with E-state index < -0.39 is 0 Å². The van der Waals surface area contributed by atoms with Crippen LogP contribution in [0.2, 0.25) is 5.02 Å². The standard InChI is InChI=1S/C20H22BrClN4O/c21-18-7-5-16(6-8-18)13-23-24-20(27)15-26-11-9-25(10-12-26)14-17-3-1-2-4-19(17)22/h1-8,13H,9-12,14-15H2,(H,24,27)/b23-13-. The highest BCUT2D eigenvalue weighted by atomic mass is 79.9. The lowest BCUT2D eigenvalue weighted by molar-refractivity contribution is -0.122. The van der Waals surface area contributed by atoms with Crippen molar-refractivity contribution in [3.8, 4) is 0 Å². The number of halogens is 2. The zero-order valence-corrected chi connectivity index (χ0v) is 17.3. The minimum Gasteiger partial charge on any atom is -0.296 e. The Bertz CT molecular complexity index is 789. The lowest BCUT2D eigenvalue weighted by atomic mass is 10.2. The Morgan fingerprint density at radius 3 is 2.44 bits per heavy atom. The number of nitrogens with one attached hydrogen (secondary N) is 1. The highest BCUT2D eigenvalue weighted by molar-refractivity contribution is 9.10. The lowest BCUT2D eigenvalue weighted by Gasteiger charge is -2.34. The summed E-state index contributed by atoms with van der Waals surface area (Å²) in [7, 11) is 0. The van der Waals surface area contributed by atoms with E-state index >= 15 is 0 Å². The lowest BCUT2D eigenvalue weighted by Crippen LogP contribution is -2.48. The summed E-state index contributed by atoms with van der Waals surface area (Å²) in [5.74, 6) is -0.0945. The van der Waals surface area contributed by atoms with Gasteiger partial charge in [-0.05, 0) is 29.3 Å². The van der Waals surface area contributed by atoms with Gasteiger partial charge >= 0.3 is 0 Å². The Labute approximate surface area is 173 Å². The van der Waals surface area contributed by atoms with Gasteiger partial charge in [-0.25, -0.2) is 5.43 Å². The molecule has 0 spiro atoms. The first-order chi connectivity index (χ1) is 13.1. The van der Waals surface area contributed by atoms with Crippen LogP contribution in [-0.4, -0.2) is 54.6 Å². The van der Waals surface area contributed by atoms with Crippen LogP contribution >= 0.6 is 27.5 Å². The molecule has 0 bridgehead atoms. The first kappa shape index (κ1) is 20.0. The molecule has 0 saturated carbocycles. The zero-order valence-electron chi connectivity index (χ0n) is 14.9. The second-order valence-corrected chi connectivity index (χ2v) is 7.81. The molecule has 5 nitrogen and oxygen atoms in total. The number of hydrazone groups is 1. The SMILES string of the molecule is O=C(CN1CCN(Cc2ccccc2Cl)CC1)N/N=C\c1ccc(Br)cc1. The average Bonchev–Trinajstić information content (AvgIpc) is 2.67. The average molecular weight is 450 g/mol. The molecule has 0 aromatic heterocycles. The van der Waals surface area contributed by atoms with Gasteiger partial charge in [-0.15, -0.1) is 0 Å². The molecule has 0 radical (unpaired) electrons. The topological polar surface area (TPSA) is 47.9 Å². The predicted molar refractivity (Wildman–Crippen MR) is 113 cm³/mol. The number of hydrogen-bond donors (Lipinski definition) is 1. The van der Waals surface area contributed by atoms with Crippen LogP contribution < -0.4 is 5.43 Å². The summed E-state index contributed by atoms with van der Waals surface area (Å²) >= 11 is 9.62. The minimum absolute atomic E-state index is 0.0945. The largest absolute Gasteiger partial charge is 0.296 e. The van der Waals surface area contributed by atoms with Crippen molar-refractivity contribution in [1.82, 2.24) is 15.2 Å². The maximum Gasteiger partial charge on any atom is 0.254 e. The molecule has 1 aliphatic heterocycles. The number of benzene rings is 2. The van der Waals surface area contributed by atoms with Crippen molar-refractivity contribution in [2.45, 2.75) is 6.54 Å². The molecule has 2 aromatic carbocycles. The third-order valence-electron chi connectivity index (χ3n) is 4.46. The number of piperazine rings is 1. The maximum absolute atomic E-state index is 12.1. The molecule has 142 valence electrons. The van der Waals surface area contributed by atoms with Gasteiger partial charge in [0.2, 0.25) is 0 Å². The maximum atomic E-state index is 12.1. The molecule has 2 aromatic rings. The molecule has 1 aliphatic rings. The molecule has 1 heterocycles. The minimum atomic E-state index is -0.0945. The van der Waals surface area contributed by atoms with Gasteiger partial charge in [-0.1, -0.05) is 57.9 Å². The van der Waals surface area contributed by atoms with E-state index in [0.717, 1.165) is 53.3 Å². The zero-order chi connectivity index (χ0) is 19.1. The van der Waals surface area contributed by atoms with E-state index in [1.165, 1.54) is 0 Å². The normalized spacial score (nSPS) is 15.9.